The van der Waals surface area contributed by atoms with Crippen LogP contribution in [0.2, 0.25) is 0 Å². The molecule has 0 bridgehead atoms. The average Bonchev–Trinajstić information content (AvgIpc) is 3.53. The van der Waals surface area contributed by atoms with E-state index in [1.54, 1.807) is 0 Å². The standard InChI is InChI=1S/C39H33N2S/c1-24-25-14-6-7-15-26(25)31(39(2,3)4)22-30(24)37-38-36(29-18-10-13-21-35(29)42-38)34(23-40(37)5)41-32-19-11-8-16-27(32)28-17-9-12-20-33(28)41/h6-23H,1-5H3/q+1. The van der Waals surface area contributed by atoms with Crippen LogP contribution >= 0.6 is 11.3 Å². The fourth-order valence-electron chi connectivity index (χ4n) is 6.99. The van der Waals surface area contributed by atoms with Gasteiger partial charge in [0, 0.05) is 26.2 Å². The first-order valence-corrected chi connectivity index (χ1v) is 15.5. The van der Waals surface area contributed by atoms with E-state index >= 15 is 0 Å². The van der Waals surface area contributed by atoms with Crippen molar-refractivity contribution in [3.8, 4) is 16.9 Å². The third kappa shape index (κ3) is 3.53. The van der Waals surface area contributed by atoms with Crippen LogP contribution in [-0.2, 0) is 12.5 Å². The van der Waals surface area contributed by atoms with Crippen LogP contribution in [0.1, 0.15) is 31.9 Å². The molecule has 0 aliphatic carbocycles. The smallest absolute Gasteiger partial charge is 0.230 e. The fourth-order valence-corrected chi connectivity index (χ4v) is 8.30. The van der Waals surface area contributed by atoms with Gasteiger partial charge in [-0.15, -0.1) is 11.3 Å². The number of aryl methyl sites for hydroxylation is 2. The summed E-state index contributed by atoms with van der Waals surface area (Å²) in [5.74, 6) is 0. The number of rotatable bonds is 2. The van der Waals surface area contributed by atoms with E-state index in [1.165, 1.54) is 80.8 Å². The van der Waals surface area contributed by atoms with E-state index in [9.17, 15) is 0 Å². The minimum absolute atomic E-state index is 0.0167. The summed E-state index contributed by atoms with van der Waals surface area (Å²) in [6.07, 6.45) is 2.36. The lowest BCUT2D eigenvalue weighted by Crippen LogP contribution is -2.32. The van der Waals surface area contributed by atoms with Gasteiger partial charge in [-0.3, -0.25) is 0 Å². The molecule has 8 aromatic rings. The van der Waals surface area contributed by atoms with Gasteiger partial charge in [0.2, 0.25) is 5.69 Å². The minimum Gasteiger partial charge on any atom is -0.303 e. The Morgan fingerprint density at radius 2 is 1.21 bits per heavy atom. The van der Waals surface area contributed by atoms with Crippen molar-refractivity contribution >= 4 is 64.1 Å². The molecule has 5 aromatic carbocycles. The summed E-state index contributed by atoms with van der Waals surface area (Å²) >= 11 is 1.91. The van der Waals surface area contributed by atoms with Crippen LogP contribution in [0.4, 0.5) is 0 Å². The van der Waals surface area contributed by atoms with Crippen molar-refractivity contribution in [3.63, 3.8) is 0 Å². The number of nitrogens with zero attached hydrogens (tertiary/aromatic N) is 2. The summed E-state index contributed by atoms with van der Waals surface area (Å²) in [4.78, 5) is 0. The van der Waals surface area contributed by atoms with Gasteiger partial charge in [-0.05, 0) is 58.5 Å². The normalized spacial score (nSPS) is 12.4. The molecule has 0 radical (unpaired) electrons. The maximum absolute atomic E-state index is 2.48. The van der Waals surface area contributed by atoms with Crippen LogP contribution in [0.25, 0.3) is 69.7 Å². The lowest BCUT2D eigenvalue weighted by Gasteiger charge is -2.24. The number of para-hydroxylation sites is 2. The predicted molar refractivity (Wildman–Crippen MR) is 181 cm³/mol. The zero-order valence-electron chi connectivity index (χ0n) is 24.7. The van der Waals surface area contributed by atoms with E-state index < -0.39 is 0 Å². The van der Waals surface area contributed by atoms with Gasteiger partial charge in [0.25, 0.3) is 0 Å². The lowest BCUT2D eigenvalue weighted by molar-refractivity contribution is -0.658. The zero-order chi connectivity index (χ0) is 28.7. The molecule has 3 heterocycles. The number of thiophene rings is 1. The first-order valence-electron chi connectivity index (χ1n) is 14.7. The van der Waals surface area contributed by atoms with Crippen LogP contribution in [0.3, 0.4) is 0 Å². The summed E-state index contributed by atoms with van der Waals surface area (Å²) in [6, 6.07) is 37.9. The Kier molecular flexibility index (Phi) is 5.42. The number of benzene rings is 5. The largest absolute Gasteiger partial charge is 0.303 e. The molecule has 8 rings (SSSR count). The average molecular weight is 562 g/mol. The van der Waals surface area contributed by atoms with E-state index in [0.717, 1.165) is 0 Å². The van der Waals surface area contributed by atoms with E-state index in [0.29, 0.717) is 0 Å². The van der Waals surface area contributed by atoms with Crippen LogP contribution in [0, 0.1) is 6.92 Å². The van der Waals surface area contributed by atoms with Crippen molar-refractivity contribution in [1.82, 2.24) is 4.57 Å². The van der Waals surface area contributed by atoms with Gasteiger partial charge in [-0.25, -0.2) is 0 Å². The van der Waals surface area contributed by atoms with Gasteiger partial charge in [0.05, 0.1) is 16.6 Å². The topological polar surface area (TPSA) is 8.81 Å². The highest BCUT2D eigenvalue weighted by Gasteiger charge is 2.29. The Hall–Kier alpha value is -4.47. The maximum atomic E-state index is 2.48. The molecule has 0 amide bonds. The third-order valence-corrected chi connectivity index (χ3v) is 10.1. The van der Waals surface area contributed by atoms with Gasteiger partial charge >= 0.3 is 0 Å². The van der Waals surface area contributed by atoms with Crippen LogP contribution < -0.4 is 4.57 Å². The zero-order valence-corrected chi connectivity index (χ0v) is 25.5. The molecule has 0 unspecified atom stereocenters. The molecule has 3 aromatic heterocycles. The first kappa shape index (κ1) is 25.3. The number of fused-ring (bicyclic) bond motifs is 7. The maximum Gasteiger partial charge on any atom is 0.230 e. The van der Waals surface area contributed by atoms with Crippen molar-refractivity contribution in [1.29, 1.82) is 0 Å². The van der Waals surface area contributed by atoms with Gasteiger partial charge < -0.3 is 4.57 Å². The first-order chi connectivity index (χ1) is 20.3. The lowest BCUT2D eigenvalue weighted by atomic mass is 9.80. The van der Waals surface area contributed by atoms with Gasteiger partial charge in [0.15, 0.2) is 6.20 Å². The Morgan fingerprint density at radius 3 is 1.86 bits per heavy atom. The summed E-state index contributed by atoms with van der Waals surface area (Å²) in [6.45, 7) is 9.28. The van der Waals surface area contributed by atoms with Crippen molar-refractivity contribution < 1.29 is 4.57 Å². The quantitative estimate of drug-likeness (QED) is 0.186. The molecule has 2 nitrogen and oxygen atoms in total. The van der Waals surface area contributed by atoms with Gasteiger partial charge in [0.1, 0.15) is 17.4 Å². The van der Waals surface area contributed by atoms with Crippen molar-refractivity contribution in [2.75, 3.05) is 0 Å². The molecule has 0 spiro atoms. The summed E-state index contributed by atoms with van der Waals surface area (Å²) in [5, 5.41) is 7.88. The van der Waals surface area contributed by atoms with E-state index in [2.05, 4.69) is 153 Å². The monoisotopic (exact) mass is 561 g/mol. The minimum atomic E-state index is 0.0167. The van der Waals surface area contributed by atoms with E-state index in [4.69, 9.17) is 0 Å². The molecule has 0 aliphatic heterocycles. The Bertz CT molecular complexity index is 2310. The number of hydrogen-bond acceptors (Lipinski definition) is 1. The number of hydrogen-bond donors (Lipinski definition) is 0. The second kappa shape index (κ2) is 9.01. The molecule has 0 atom stereocenters. The Morgan fingerprint density at radius 1 is 0.667 bits per heavy atom. The Balaban J connectivity index is 1.56. The molecular weight excluding hydrogens is 529 g/mol. The Labute approximate surface area is 250 Å². The SMILES string of the molecule is Cc1c(-c2c3sc4ccccc4c3c(-n3c4ccccc4c4ccccc43)c[n+]2C)cc(C(C)(C)C)c2ccccc12. The summed E-state index contributed by atoms with van der Waals surface area (Å²) in [5.41, 5.74) is 9.02. The van der Waals surface area contributed by atoms with Crippen molar-refractivity contribution in [2.24, 2.45) is 7.05 Å². The van der Waals surface area contributed by atoms with Gasteiger partial charge in [-0.1, -0.05) is 99.6 Å². The number of aromatic nitrogens is 2. The van der Waals surface area contributed by atoms with Gasteiger partial charge in [-0.2, -0.15) is 4.57 Å². The molecule has 42 heavy (non-hydrogen) atoms. The van der Waals surface area contributed by atoms with Crippen molar-refractivity contribution in [3.05, 3.63) is 120 Å². The second-order valence-corrected chi connectivity index (χ2v) is 13.6. The molecule has 0 saturated heterocycles. The molecular formula is C39H33N2S+. The molecule has 204 valence electrons. The van der Waals surface area contributed by atoms with E-state index in [1.807, 2.05) is 11.3 Å². The van der Waals surface area contributed by atoms with Crippen LogP contribution in [-0.4, -0.2) is 4.57 Å². The highest BCUT2D eigenvalue weighted by atomic mass is 32.1. The molecule has 0 aliphatic rings. The molecule has 3 heteroatoms. The highest BCUT2D eigenvalue weighted by molar-refractivity contribution is 7.26. The van der Waals surface area contributed by atoms with E-state index in [-0.39, 0.29) is 5.41 Å². The summed E-state index contributed by atoms with van der Waals surface area (Å²) in [7, 11) is 2.22. The molecule has 0 fully saturated rings. The predicted octanol–water partition coefficient (Wildman–Crippen LogP) is 10.4. The molecule has 0 N–H and O–H groups in total. The summed E-state index contributed by atoms with van der Waals surface area (Å²) < 4.78 is 7.50. The van der Waals surface area contributed by atoms with Crippen LogP contribution in [0.5, 0.6) is 0 Å². The number of pyridine rings is 1. The van der Waals surface area contributed by atoms with Crippen LogP contribution in [0.15, 0.2) is 109 Å². The second-order valence-electron chi connectivity index (χ2n) is 12.5. The molecule has 0 saturated carbocycles. The fraction of sp³-hybridized carbons (Fsp3) is 0.154. The third-order valence-electron chi connectivity index (χ3n) is 8.93. The highest BCUT2D eigenvalue weighted by Crippen LogP contribution is 2.45. The van der Waals surface area contributed by atoms with Crippen molar-refractivity contribution in [2.45, 2.75) is 33.1 Å².